The Bertz CT molecular complexity index is 1160. The van der Waals surface area contributed by atoms with Crippen LogP contribution in [0.3, 0.4) is 0 Å². The molecule has 146 valence electrons. The summed E-state index contributed by atoms with van der Waals surface area (Å²) in [6, 6.07) is 11.9. The Morgan fingerprint density at radius 2 is 1.83 bits per heavy atom. The summed E-state index contributed by atoms with van der Waals surface area (Å²) in [5, 5.41) is 7.55. The molecule has 0 bridgehead atoms. The van der Waals surface area contributed by atoms with Crippen molar-refractivity contribution in [1.82, 2.24) is 24.6 Å². The molecule has 3 aromatic heterocycles. The number of thiophene rings is 1. The highest BCUT2D eigenvalue weighted by molar-refractivity contribution is 7.16. The minimum atomic E-state index is 0.0349. The van der Waals surface area contributed by atoms with Gasteiger partial charge in [-0.25, -0.2) is 14.6 Å². The predicted molar refractivity (Wildman–Crippen MR) is 114 cm³/mol. The van der Waals surface area contributed by atoms with E-state index in [4.69, 9.17) is 0 Å². The van der Waals surface area contributed by atoms with E-state index < -0.39 is 0 Å². The number of carbonyl (C=O) groups is 1. The first-order chi connectivity index (χ1) is 14.2. The quantitative estimate of drug-likeness (QED) is 0.525. The number of carbonyl (C=O) groups excluding carboxylic acids is 1. The molecular weight excluding hydrogens is 384 g/mol. The van der Waals surface area contributed by atoms with Crippen LogP contribution in [0.25, 0.3) is 15.9 Å². The largest absolute Gasteiger partial charge is 0.352 e. The fourth-order valence-electron chi connectivity index (χ4n) is 3.77. The number of nitrogens with zero attached hydrogens (tertiary/aromatic N) is 6. The van der Waals surface area contributed by atoms with Crippen LogP contribution < -0.4 is 4.90 Å². The zero-order valence-electron chi connectivity index (χ0n) is 16.0. The number of amides is 1. The smallest absolute Gasteiger partial charge is 0.257 e. The van der Waals surface area contributed by atoms with Gasteiger partial charge in [-0.1, -0.05) is 18.2 Å². The van der Waals surface area contributed by atoms with E-state index in [0.29, 0.717) is 18.7 Å². The van der Waals surface area contributed by atoms with Crippen molar-refractivity contribution in [1.29, 1.82) is 0 Å². The monoisotopic (exact) mass is 404 g/mol. The average molecular weight is 404 g/mol. The number of hydrogen-bond acceptors (Lipinski definition) is 6. The summed E-state index contributed by atoms with van der Waals surface area (Å²) in [5.41, 5.74) is 2.47. The number of para-hydroxylation sites is 1. The van der Waals surface area contributed by atoms with Crippen molar-refractivity contribution < 1.29 is 4.79 Å². The van der Waals surface area contributed by atoms with Crippen LogP contribution in [0.4, 0.5) is 5.82 Å². The Morgan fingerprint density at radius 1 is 1.03 bits per heavy atom. The maximum atomic E-state index is 13.1. The van der Waals surface area contributed by atoms with Gasteiger partial charge in [-0.3, -0.25) is 4.79 Å². The van der Waals surface area contributed by atoms with E-state index in [2.05, 4.69) is 26.0 Å². The zero-order valence-corrected chi connectivity index (χ0v) is 16.8. The Labute approximate surface area is 172 Å². The van der Waals surface area contributed by atoms with Crippen molar-refractivity contribution in [2.24, 2.45) is 0 Å². The number of rotatable bonds is 3. The number of fused-ring (bicyclic) bond motifs is 1. The van der Waals surface area contributed by atoms with Crippen molar-refractivity contribution >= 4 is 33.3 Å². The summed E-state index contributed by atoms with van der Waals surface area (Å²) in [6.07, 6.45) is 3.30. The zero-order chi connectivity index (χ0) is 19.8. The molecule has 0 atom stereocenters. The molecule has 29 heavy (non-hydrogen) atoms. The Kier molecular flexibility index (Phi) is 4.48. The molecule has 1 fully saturated rings. The fraction of sp³-hybridized carbons (Fsp3) is 0.238. The topological polar surface area (TPSA) is 67.2 Å². The number of hydrogen-bond donors (Lipinski definition) is 0. The molecular formula is C21H20N6OS. The molecule has 1 amide bonds. The van der Waals surface area contributed by atoms with Crippen LogP contribution >= 0.6 is 11.3 Å². The van der Waals surface area contributed by atoms with Crippen LogP contribution in [-0.2, 0) is 0 Å². The van der Waals surface area contributed by atoms with E-state index in [1.54, 1.807) is 23.9 Å². The molecule has 4 heterocycles. The molecule has 0 aliphatic carbocycles. The van der Waals surface area contributed by atoms with Crippen LogP contribution in [-0.4, -0.2) is 56.7 Å². The minimum absolute atomic E-state index is 0.0349. The van der Waals surface area contributed by atoms with Gasteiger partial charge in [0.15, 0.2) is 0 Å². The van der Waals surface area contributed by atoms with Crippen LogP contribution in [0.15, 0.2) is 54.3 Å². The van der Waals surface area contributed by atoms with Gasteiger partial charge in [-0.2, -0.15) is 5.10 Å². The fourth-order valence-corrected chi connectivity index (χ4v) is 4.50. The number of piperazine rings is 1. The highest BCUT2D eigenvalue weighted by atomic mass is 32.1. The lowest BCUT2D eigenvalue weighted by molar-refractivity contribution is 0.0746. The van der Waals surface area contributed by atoms with Crippen LogP contribution in [0.2, 0.25) is 0 Å². The third-order valence-electron chi connectivity index (χ3n) is 5.35. The molecule has 5 rings (SSSR count). The molecule has 1 aliphatic heterocycles. The summed E-state index contributed by atoms with van der Waals surface area (Å²) in [5.74, 6) is 0.990. The minimum Gasteiger partial charge on any atom is -0.352 e. The first-order valence-electron chi connectivity index (χ1n) is 9.55. The molecule has 1 aromatic carbocycles. The second-order valence-electron chi connectivity index (χ2n) is 7.01. The van der Waals surface area contributed by atoms with Crippen molar-refractivity contribution in [3.63, 3.8) is 0 Å². The van der Waals surface area contributed by atoms with Gasteiger partial charge >= 0.3 is 0 Å². The Balaban J connectivity index is 1.32. The third kappa shape index (κ3) is 3.15. The third-order valence-corrected chi connectivity index (χ3v) is 6.17. The van der Waals surface area contributed by atoms with Gasteiger partial charge in [0.2, 0.25) is 0 Å². The number of anilines is 1. The maximum Gasteiger partial charge on any atom is 0.257 e. The second kappa shape index (κ2) is 7.29. The highest BCUT2D eigenvalue weighted by Gasteiger charge is 2.26. The van der Waals surface area contributed by atoms with Gasteiger partial charge in [-0.15, -0.1) is 11.3 Å². The van der Waals surface area contributed by atoms with Gasteiger partial charge in [0.25, 0.3) is 5.91 Å². The Morgan fingerprint density at radius 3 is 2.62 bits per heavy atom. The van der Waals surface area contributed by atoms with Crippen LogP contribution in [0.1, 0.15) is 16.1 Å². The first kappa shape index (κ1) is 17.8. The van der Waals surface area contributed by atoms with Crippen molar-refractivity contribution in [2.75, 3.05) is 31.1 Å². The van der Waals surface area contributed by atoms with Gasteiger partial charge in [0.05, 0.1) is 28.5 Å². The van der Waals surface area contributed by atoms with Crippen molar-refractivity contribution in [3.8, 4) is 5.69 Å². The molecule has 0 spiro atoms. The Hall–Kier alpha value is -3.26. The first-order valence-corrected chi connectivity index (χ1v) is 10.4. The van der Waals surface area contributed by atoms with Gasteiger partial charge in [0.1, 0.15) is 17.0 Å². The lowest BCUT2D eigenvalue weighted by Gasteiger charge is -2.35. The highest BCUT2D eigenvalue weighted by Crippen LogP contribution is 2.27. The number of aromatic nitrogens is 4. The average Bonchev–Trinajstić information content (AvgIpc) is 3.40. The molecule has 0 saturated carbocycles. The van der Waals surface area contributed by atoms with Gasteiger partial charge in [0, 0.05) is 26.2 Å². The van der Waals surface area contributed by atoms with E-state index >= 15 is 0 Å². The van der Waals surface area contributed by atoms with E-state index in [1.165, 1.54) is 0 Å². The SMILES string of the molecule is Cc1c(C(=O)N2CCN(c3ncnc4sccc34)CC2)cnn1-c1ccccc1. The maximum absolute atomic E-state index is 13.1. The summed E-state index contributed by atoms with van der Waals surface area (Å²) >= 11 is 1.62. The van der Waals surface area contributed by atoms with E-state index in [1.807, 2.05) is 52.2 Å². The molecule has 1 aliphatic rings. The van der Waals surface area contributed by atoms with Gasteiger partial charge in [-0.05, 0) is 30.5 Å². The van der Waals surface area contributed by atoms with Crippen molar-refractivity contribution in [3.05, 3.63) is 65.6 Å². The standard InChI is InChI=1S/C21H20N6OS/c1-15-18(13-24-27(15)16-5-3-2-4-6-16)21(28)26-10-8-25(9-11-26)19-17-7-12-29-20(17)23-14-22-19/h2-7,12-14H,8-11H2,1H3. The van der Waals surface area contributed by atoms with Crippen LogP contribution in [0, 0.1) is 6.92 Å². The molecule has 1 saturated heterocycles. The molecule has 8 heteroatoms. The predicted octanol–water partition coefficient (Wildman–Crippen LogP) is 3.15. The molecule has 0 radical (unpaired) electrons. The summed E-state index contributed by atoms with van der Waals surface area (Å²) in [6.45, 7) is 4.76. The number of benzene rings is 1. The summed E-state index contributed by atoms with van der Waals surface area (Å²) in [4.78, 5) is 27.1. The van der Waals surface area contributed by atoms with E-state index in [9.17, 15) is 4.79 Å². The molecule has 0 unspecified atom stereocenters. The normalized spacial score (nSPS) is 14.5. The van der Waals surface area contributed by atoms with E-state index in [-0.39, 0.29) is 5.91 Å². The molecule has 4 aromatic rings. The van der Waals surface area contributed by atoms with Gasteiger partial charge < -0.3 is 9.80 Å². The molecule has 0 N–H and O–H groups in total. The van der Waals surface area contributed by atoms with E-state index in [0.717, 1.165) is 40.5 Å². The van der Waals surface area contributed by atoms with Crippen LogP contribution in [0.5, 0.6) is 0 Å². The lowest BCUT2D eigenvalue weighted by Crippen LogP contribution is -2.49. The summed E-state index contributed by atoms with van der Waals surface area (Å²) in [7, 11) is 0. The second-order valence-corrected chi connectivity index (χ2v) is 7.90. The molecule has 7 nitrogen and oxygen atoms in total. The lowest BCUT2D eigenvalue weighted by atomic mass is 10.2. The van der Waals surface area contributed by atoms with Crippen molar-refractivity contribution in [2.45, 2.75) is 6.92 Å². The summed E-state index contributed by atoms with van der Waals surface area (Å²) < 4.78 is 1.82.